The van der Waals surface area contributed by atoms with E-state index in [4.69, 9.17) is 9.47 Å². The number of nitrogens with zero attached hydrogens (tertiary/aromatic N) is 1. The second-order valence-electron chi connectivity index (χ2n) is 5.08. The third-order valence-corrected chi connectivity index (χ3v) is 3.96. The van der Waals surface area contributed by atoms with Crippen molar-refractivity contribution in [2.75, 3.05) is 33.2 Å². The van der Waals surface area contributed by atoms with Crippen LogP contribution in [0.25, 0.3) is 0 Å². The van der Waals surface area contributed by atoms with E-state index in [-0.39, 0.29) is 30.4 Å². The fourth-order valence-electron chi connectivity index (χ4n) is 2.85. The molecule has 0 bridgehead atoms. The topological polar surface area (TPSA) is 59.0 Å². The molecule has 18 heavy (non-hydrogen) atoms. The van der Waals surface area contributed by atoms with Crippen LogP contribution in [0, 0.1) is 11.8 Å². The van der Waals surface area contributed by atoms with Gasteiger partial charge < -0.3 is 19.5 Å². The third-order valence-electron chi connectivity index (χ3n) is 3.96. The lowest BCUT2D eigenvalue weighted by Gasteiger charge is -2.18. The number of ether oxygens (including phenoxy) is 2. The molecule has 2 saturated heterocycles. The van der Waals surface area contributed by atoms with Crippen LogP contribution in [0.4, 0.5) is 0 Å². The summed E-state index contributed by atoms with van der Waals surface area (Å²) in [7, 11) is 0. The van der Waals surface area contributed by atoms with Crippen LogP contribution in [-0.2, 0) is 14.3 Å². The molecule has 104 valence electrons. The van der Waals surface area contributed by atoms with Crippen molar-refractivity contribution in [3.05, 3.63) is 0 Å². The van der Waals surface area contributed by atoms with E-state index in [1.54, 1.807) is 4.90 Å². The van der Waals surface area contributed by atoms with Crippen LogP contribution in [0.15, 0.2) is 0 Å². The molecule has 0 radical (unpaired) electrons. The lowest BCUT2D eigenvalue weighted by molar-refractivity contribution is -0.133. The second kappa shape index (κ2) is 6.50. The monoisotopic (exact) mass is 257 g/mol. The van der Waals surface area contributed by atoms with E-state index in [1.165, 1.54) is 0 Å². The van der Waals surface area contributed by atoms with Gasteiger partial charge in [-0.25, -0.2) is 0 Å². The normalized spacial score (nSPS) is 31.1. The first-order valence-electron chi connectivity index (χ1n) is 6.86. The molecule has 0 aromatic rings. The van der Waals surface area contributed by atoms with Gasteiger partial charge in [-0.1, -0.05) is 13.3 Å². The molecule has 0 aromatic carbocycles. The first kappa shape index (κ1) is 13.8. The Bertz CT molecular complexity index is 284. The summed E-state index contributed by atoms with van der Waals surface area (Å²) in [5.41, 5.74) is 0. The highest BCUT2D eigenvalue weighted by atomic mass is 16.5. The van der Waals surface area contributed by atoms with Crippen molar-refractivity contribution in [1.82, 2.24) is 4.90 Å². The lowest BCUT2D eigenvalue weighted by Crippen LogP contribution is -2.31. The third kappa shape index (κ3) is 2.68. The first-order valence-corrected chi connectivity index (χ1v) is 6.86. The highest BCUT2D eigenvalue weighted by Crippen LogP contribution is 2.35. The van der Waals surface area contributed by atoms with Crippen molar-refractivity contribution >= 4 is 5.91 Å². The van der Waals surface area contributed by atoms with E-state index in [0.717, 1.165) is 19.4 Å². The SMILES string of the molecule is CCCCOCCC1C(=O)N2COCC2[C@@H]1CO. The molecular formula is C13H23NO4. The van der Waals surface area contributed by atoms with Gasteiger partial charge in [0.25, 0.3) is 0 Å². The minimum Gasteiger partial charge on any atom is -0.396 e. The van der Waals surface area contributed by atoms with E-state index in [1.807, 2.05) is 0 Å². The Balaban J connectivity index is 1.81. The maximum Gasteiger partial charge on any atom is 0.228 e. The van der Waals surface area contributed by atoms with Crippen LogP contribution < -0.4 is 0 Å². The van der Waals surface area contributed by atoms with Crippen LogP contribution in [0.3, 0.4) is 0 Å². The maximum absolute atomic E-state index is 12.2. The predicted octanol–water partition coefficient (Wildman–Crippen LogP) is 0.616. The predicted molar refractivity (Wildman–Crippen MR) is 65.9 cm³/mol. The Labute approximate surface area is 108 Å². The van der Waals surface area contributed by atoms with Gasteiger partial charge in [-0.3, -0.25) is 4.79 Å². The molecule has 0 saturated carbocycles. The number of aliphatic hydroxyl groups is 1. The number of unbranched alkanes of at least 4 members (excludes halogenated alkanes) is 1. The van der Waals surface area contributed by atoms with Crippen LogP contribution in [0.5, 0.6) is 0 Å². The molecule has 2 rings (SSSR count). The number of carbonyl (C=O) groups excluding carboxylic acids is 1. The molecule has 5 heteroatoms. The molecular weight excluding hydrogens is 234 g/mol. The van der Waals surface area contributed by atoms with E-state index in [0.29, 0.717) is 26.4 Å². The quantitative estimate of drug-likeness (QED) is 0.679. The largest absolute Gasteiger partial charge is 0.396 e. The number of carbonyl (C=O) groups is 1. The van der Waals surface area contributed by atoms with Crippen molar-refractivity contribution < 1.29 is 19.4 Å². The van der Waals surface area contributed by atoms with Gasteiger partial charge >= 0.3 is 0 Å². The fraction of sp³-hybridized carbons (Fsp3) is 0.923. The molecule has 2 unspecified atom stereocenters. The molecule has 2 heterocycles. The molecule has 3 atom stereocenters. The standard InChI is InChI=1S/C13H23NO4/c1-2-3-5-17-6-4-10-11(7-15)12-8-18-9-14(12)13(10)16/h10-12,15H,2-9H2,1H3/t10?,11-,12?/m1/s1. The van der Waals surface area contributed by atoms with E-state index in [2.05, 4.69) is 6.92 Å². The van der Waals surface area contributed by atoms with E-state index in [9.17, 15) is 9.90 Å². The highest BCUT2D eigenvalue weighted by molar-refractivity contribution is 5.82. The summed E-state index contributed by atoms with van der Waals surface area (Å²) in [6, 6.07) is 0.0724. The first-order chi connectivity index (χ1) is 8.79. The van der Waals surface area contributed by atoms with Gasteiger partial charge in [0.2, 0.25) is 5.91 Å². The van der Waals surface area contributed by atoms with Crippen LogP contribution >= 0.6 is 0 Å². The number of hydrogen-bond acceptors (Lipinski definition) is 4. The van der Waals surface area contributed by atoms with E-state index < -0.39 is 0 Å². The summed E-state index contributed by atoms with van der Waals surface area (Å²) in [6.45, 7) is 4.49. The number of amides is 1. The lowest BCUT2D eigenvalue weighted by atomic mass is 9.89. The Morgan fingerprint density at radius 1 is 1.50 bits per heavy atom. The molecule has 2 aliphatic heterocycles. The Morgan fingerprint density at radius 3 is 3.06 bits per heavy atom. The Hall–Kier alpha value is -0.650. The summed E-state index contributed by atoms with van der Waals surface area (Å²) in [4.78, 5) is 13.9. The average molecular weight is 257 g/mol. The number of aliphatic hydroxyl groups excluding tert-OH is 1. The van der Waals surface area contributed by atoms with E-state index >= 15 is 0 Å². The van der Waals surface area contributed by atoms with Gasteiger partial charge in [0.15, 0.2) is 0 Å². The summed E-state index contributed by atoms with van der Waals surface area (Å²) >= 11 is 0. The van der Waals surface area contributed by atoms with Crippen LogP contribution in [0.1, 0.15) is 26.2 Å². The highest BCUT2D eigenvalue weighted by Gasteiger charge is 2.49. The summed E-state index contributed by atoms with van der Waals surface area (Å²) in [6.07, 6.45) is 2.89. The molecule has 0 aliphatic carbocycles. The van der Waals surface area contributed by atoms with Crippen molar-refractivity contribution in [2.45, 2.75) is 32.2 Å². The molecule has 1 N–H and O–H groups in total. The van der Waals surface area contributed by atoms with Crippen LogP contribution in [-0.4, -0.2) is 55.1 Å². The maximum atomic E-state index is 12.2. The van der Waals surface area contributed by atoms with Gasteiger partial charge in [-0.05, 0) is 12.8 Å². The van der Waals surface area contributed by atoms with Crippen molar-refractivity contribution in [3.8, 4) is 0 Å². The number of rotatable bonds is 7. The zero-order chi connectivity index (χ0) is 13.0. The molecule has 2 fully saturated rings. The van der Waals surface area contributed by atoms with Crippen molar-refractivity contribution in [1.29, 1.82) is 0 Å². The van der Waals surface area contributed by atoms with Crippen LogP contribution in [0.2, 0.25) is 0 Å². The van der Waals surface area contributed by atoms with Crippen molar-refractivity contribution in [3.63, 3.8) is 0 Å². The molecule has 2 aliphatic rings. The van der Waals surface area contributed by atoms with Gasteiger partial charge in [-0.15, -0.1) is 0 Å². The zero-order valence-electron chi connectivity index (χ0n) is 11.0. The summed E-state index contributed by atoms with van der Waals surface area (Å²) in [5.74, 6) is 0.0379. The summed E-state index contributed by atoms with van der Waals surface area (Å²) in [5, 5.41) is 9.47. The fourth-order valence-corrected chi connectivity index (χ4v) is 2.85. The van der Waals surface area contributed by atoms with Gasteiger partial charge in [0, 0.05) is 31.7 Å². The Kier molecular flexibility index (Phi) is 4.97. The van der Waals surface area contributed by atoms with Gasteiger partial charge in [-0.2, -0.15) is 0 Å². The van der Waals surface area contributed by atoms with Crippen molar-refractivity contribution in [2.24, 2.45) is 11.8 Å². The zero-order valence-corrected chi connectivity index (χ0v) is 11.0. The van der Waals surface area contributed by atoms with Gasteiger partial charge in [0.05, 0.1) is 12.6 Å². The smallest absolute Gasteiger partial charge is 0.228 e. The average Bonchev–Trinajstić information content (AvgIpc) is 2.93. The number of fused-ring (bicyclic) bond motifs is 1. The van der Waals surface area contributed by atoms with Gasteiger partial charge in [0.1, 0.15) is 6.73 Å². The Morgan fingerprint density at radius 2 is 2.33 bits per heavy atom. The molecule has 0 spiro atoms. The second-order valence-corrected chi connectivity index (χ2v) is 5.08. The molecule has 5 nitrogen and oxygen atoms in total. The summed E-state index contributed by atoms with van der Waals surface area (Å²) < 4.78 is 10.8. The molecule has 1 amide bonds. The minimum atomic E-state index is -0.0921. The molecule has 0 aromatic heterocycles. The number of hydrogen-bond donors (Lipinski definition) is 1. The minimum absolute atomic E-state index is 0.00905.